The molecule has 0 radical (unpaired) electrons. The number of furan rings is 1. The van der Waals surface area contributed by atoms with Crippen LogP contribution in [-0.4, -0.2) is 27.3 Å². The quantitative estimate of drug-likeness (QED) is 0.342. The number of nitrogens with zero attached hydrogens (tertiary/aromatic N) is 2. The fourth-order valence-corrected chi connectivity index (χ4v) is 4.75. The number of benzene rings is 2. The van der Waals surface area contributed by atoms with Gasteiger partial charge in [-0.15, -0.1) is 11.8 Å². The van der Waals surface area contributed by atoms with Gasteiger partial charge in [-0.05, 0) is 23.3 Å². The highest BCUT2D eigenvalue weighted by Crippen LogP contribution is 2.28. The van der Waals surface area contributed by atoms with Crippen LogP contribution in [0.25, 0.3) is 11.5 Å². The van der Waals surface area contributed by atoms with Gasteiger partial charge in [0.15, 0.2) is 12.0 Å². The summed E-state index contributed by atoms with van der Waals surface area (Å²) in [6.45, 7) is 0. The number of carbonyl (C=O) groups excluding carboxylic acids is 2. The molecule has 1 saturated heterocycles. The van der Waals surface area contributed by atoms with Crippen molar-refractivity contribution in [1.29, 1.82) is 0 Å². The van der Waals surface area contributed by atoms with E-state index >= 15 is 0 Å². The van der Waals surface area contributed by atoms with Crippen molar-refractivity contribution < 1.29 is 14.0 Å². The molecule has 4 aromatic rings. The zero-order valence-electron chi connectivity index (χ0n) is 18.9. The van der Waals surface area contributed by atoms with Gasteiger partial charge < -0.3 is 15.1 Å². The van der Waals surface area contributed by atoms with Crippen LogP contribution in [0.15, 0.2) is 89.5 Å². The summed E-state index contributed by atoms with van der Waals surface area (Å²) in [5.74, 6) is 1.80. The van der Waals surface area contributed by atoms with E-state index in [0.717, 1.165) is 16.9 Å². The van der Waals surface area contributed by atoms with E-state index in [1.807, 2.05) is 60.7 Å². The Morgan fingerprint density at radius 2 is 1.86 bits per heavy atom. The smallest absolute Gasteiger partial charge is 0.235 e. The standard InChI is InChI=1S/C26H25N5O3S/c32-24-15-20(19-10-5-2-6-11-19)27-26(29-24)31-23(14-21(30-31)22-12-7-13-34-22)28-25(33)17-35-16-18-8-3-1-4-9-18/h1-14,20,26-27H,15-17H2,(H,28,33)(H,29,32). The number of carbonyl (C=O) groups is 2. The average Bonchev–Trinajstić information content (AvgIpc) is 3.55. The van der Waals surface area contributed by atoms with Gasteiger partial charge in [0.2, 0.25) is 11.8 Å². The molecule has 8 nitrogen and oxygen atoms in total. The lowest BCUT2D eigenvalue weighted by molar-refractivity contribution is -0.125. The van der Waals surface area contributed by atoms with Gasteiger partial charge in [0.25, 0.3) is 0 Å². The number of thioether (sulfide) groups is 1. The monoisotopic (exact) mass is 487 g/mol. The summed E-state index contributed by atoms with van der Waals surface area (Å²) in [5.41, 5.74) is 2.73. The second kappa shape index (κ2) is 10.6. The molecular formula is C26H25N5O3S. The van der Waals surface area contributed by atoms with E-state index in [0.29, 0.717) is 23.7 Å². The highest BCUT2D eigenvalue weighted by atomic mass is 32.2. The maximum atomic E-state index is 12.8. The van der Waals surface area contributed by atoms with Crippen molar-refractivity contribution >= 4 is 29.4 Å². The first-order valence-electron chi connectivity index (χ1n) is 11.3. The van der Waals surface area contributed by atoms with E-state index in [4.69, 9.17) is 4.42 Å². The van der Waals surface area contributed by atoms with Crippen molar-refractivity contribution in [2.75, 3.05) is 11.1 Å². The topological polar surface area (TPSA) is 101 Å². The Hall–Kier alpha value is -3.82. The molecule has 2 aromatic carbocycles. The molecule has 5 rings (SSSR count). The summed E-state index contributed by atoms with van der Waals surface area (Å²) >= 11 is 1.53. The number of amides is 2. The predicted molar refractivity (Wildman–Crippen MR) is 135 cm³/mol. The van der Waals surface area contributed by atoms with Crippen LogP contribution < -0.4 is 16.0 Å². The Morgan fingerprint density at radius 1 is 1.09 bits per heavy atom. The summed E-state index contributed by atoms with van der Waals surface area (Å²) in [6, 6.07) is 25.0. The zero-order valence-corrected chi connectivity index (χ0v) is 19.7. The molecule has 3 N–H and O–H groups in total. The second-order valence-corrected chi connectivity index (χ2v) is 9.15. The highest BCUT2D eigenvalue weighted by molar-refractivity contribution is 7.99. The molecule has 0 spiro atoms. The summed E-state index contributed by atoms with van der Waals surface area (Å²) in [7, 11) is 0. The molecule has 1 aliphatic heterocycles. The van der Waals surface area contributed by atoms with Crippen molar-refractivity contribution in [3.8, 4) is 11.5 Å². The minimum atomic E-state index is -0.641. The molecule has 1 aliphatic rings. The first-order valence-corrected chi connectivity index (χ1v) is 12.5. The first-order chi connectivity index (χ1) is 17.2. The molecule has 1 fully saturated rings. The lowest BCUT2D eigenvalue weighted by Crippen LogP contribution is -2.50. The van der Waals surface area contributed by atoms with Gasteiger partial charge in [0.1, 0.15) is 11.5 Å². The lowest BCUT2D eigenvalue weighted by Gasteiger charge is -2.32. The van der Waals surface area contributed by atoms with E-state index in [9.17, 15) is 9.59 Å². The van der Waals surface area contributed by atoms with E-state index in [2.05, 4.69) is 21.0 Å². The average molecular weight is 488 g/mol. The van der Waals surface area contributed by atoms with E-state index in [1.54, 1.807) is 29.1 Å². The van der Waals surface area contributed by atoms with Gasteiger partial charge in [-0.2, -0.15) is 5.10 Å². The highest BCUT2D eigenvalue weighted by Gasteiger charge is 2.30. The van der Waals surface area contributed by atoms with Gasteiger partial charge in [0, 0.05) is 24.3 Å². The molecule has 35 heavy (non-hydrogen) atoms. The van der Waals surface area contributed by atoms with Crippen LogP contribution in [0.5, 0.6) is 0 Å². The number of hydrogen-bond acceptors (Lipinski definition) is 6. The number of anilines is 1. The molecule has 9 heteroatoms. The maximum Gasteiger partial charge on any atom is 0.235 e. The molecule has 3 heterocycles. The van der Waals surface area contributed by atoms with Crippen LogP contribution in [0.2, 0.25) is 0 Å². The van der Waals surface area contributed by atoms with Gasteiger partial charge >= 0.3 is 0 Å². The molecule has 2 atom stereocenters. The minimum absolute atomic E-state index is 0.103. The molecule has 0 aliphatic carbocycles. The first kappa shape index (κ1) is 22.9. The SMILES string of the molecule is O=C(CSCc1ccccc1)Nc1cc(-c2ccco2)nn1C1NC(=O)CC(c2ccccc2)N1. The lowest BCUT2D eigenvalue weighted by atomic mass is 10.0. The van der Waals surface area contributed by atoms with E-state index in [-0.39, 0.29) is 23.6 Å². The van der Waals surface area contributed by atoms with Gasteiger partial charge in [-0.3, -0.25) is 14.9 Å². The molecular weight excluding hydrogens is 462 g/mol. The van der Waals surface area contributed by atoms with Crippen molar-refractivity contribution in [2.45, 2.75) is 24.5 Å². The Bertz CT molecular complexity index is 1280. The van der Waals surface area contributed by atoms with Crippen LogP contribution >= 0.6 is 11.8 Å². The third-order valence-corrected chi connectivity index (χ3v) is 6.62. The summed E-state index contributed by atoms with van der Waals surface area (Å²) < 4.78 is 7.09. The van der Waals surface area contributed by atoms with Gasteiger partial charge in [-0.25, -0.2) is 4.68 Å². The van der Waals surface area contributed by atoms with Crippen molar-refractivity contribution in [3.63, 3.8) is 0 Å². The molecule has 0 saturated carbocycles. The number of hydrogen-bond donors (Lipinski definition) is 3. The van der Waals surface area contributed by atoms with Crippen LogP contribution in [0.3, 0.4) is 0 Å². The van der Waals surface area contributed by atoms with E-state index in [1.165, 1.54) is 11.8 Å². The van der Waals surface area contributed by atoms with Crippen LogP contribution in [-0.2, 0) is 15.3 Å². The zero-order chi connectivity index (χ0) is 24.0. The molecule has 2 aromatic heterocycles. The number of nitrogens with one attached hydrogen (secondary N) is 3. The summed E-state index contributed by atoms with van der Waals surface area (Å²) in [5, 5.41) is 14.0. The summed E-state index contributed by atoms with van der Waals surface area (Å²) in [4.78, 5) is 25.4. The Labute approximate surface area is 207 Å². The van der Waals surface area contributed by atoms with Crippen LogP contribution in [0.4, 0.5) is 5.82 Å². The van der Waals surface area contributed by atoms with Crippen molar-refractivity contribution in [3.05, 3.63) is 96.3 Å². The largest absolute Gasteiger partial charge is 0.463 e. The fraction of sp³-hybridized carbons (Fsp3) is 0.192. The summed E-state index contributed by atoms with van der Waals surface area (Å²) in [6.07, 6.45) is 1.24. The molecule has 0 bridgehead atoms. The van der Waals surface area contributed by atoms with Crippen molar-refractivity contribution in [1.82, 2.24) is 20.4 Å². The normalized spacial score (nSPS) is 17.7. The Morgan fingerprint density at radius 3 is 2.60 bits per heavy atom. The Kier molecular flexibility index (Phi) is 6.97. The predicted octanol–water partition coefficient (Wildman–Crippen LogP) is 4.32. The third kappa shape index (κ3) is 5.64. The Balaban J connectivity index is 1.34. The van der Waals surface area contributed by atoms with Gasteiger partial charge in [0.05, 0.1) is 12.0 Å². The van der Waals surface area contributed by atoms with Crippen LogP contribution in [0.1, 0.15) is 29.9 Å². The van der Waals surface area contributed by atoms with Crippen molar-refractivity contribution in [2.24, 2.45) is 0 Å². The maximum absolute atomic E-state index is 12.8. The van der Waals surface area contributed by atoms with Crippen LogP contribution in [0, 0.1) is 0 Å². The molecule has 178 valence electrons. The number of aromatic nitrogens is 2. The second-order valence-electron chi connectivity index (χ2n) is 8.17. The molecule has 2 unspecified atom stereocenters. The fourth-order valence-electron chi connectivity index (χ4n) is 3.96. The molecule has 2 amide bonds. The van der Waals surface area contributed by atoms with Gasteiger partial charge in [-0.1, -0.05) is 60.7 Å². The minimum Gasteiger partial charge on any atom is -0.463 e. The third-order valence-electron chi connectivity index (χ3n) is 5.61. The van der Waals surface area contributed by atoms with E-state index < -0.39 is 6.29 Å². The number of rotatable bonds is 8.